The highest BCUT2D eigenvalue weighted by Gasteiger charge is 2.62. The number of rotatable bonds is 5. The highest BCUT2D eigenvalue weighted by Crippen LogP contribution is 2.34. The van der Waals surface area contributed by atoms with Crippen LogP contribution in [0.4, 0.5) is 0 Å². The van der Waals surface area contributed by atoms with E-state index in [9.17, 15) is 29.4 Å². The van der Waals surface area contributed by atoms with E-state index in [1.807, 2.05) is 0 Å². The first-order chi connectivity index (χ1) is 11.0. The van der Waals surface area contributed by atoms with Crippen LogP contribution in [0.25, 0.3) is 0 Å². The Balaban J connectivity index is 3.40. The van der Waals surface area contributed by atoms with Gasteiger partial charge < -0.3 is 34.9 Å². The third-order valence-electron chi connectivity index (χ3n) is 3.14. The van der Waals surface area contributed by atoms with Gasteiger partial charge in [-0.05, 0) is 0 Å². The number of hydrogen-bond acceptors (Lipinski definition) is 10. The summed E-state index contributed by atoms with van der Waals surface area (Å²) in [6.07, 6.45) is -6.48. The molecule has 1 fully saturated rings. The third-order valence-corrected chi connectivity index (χ3v) is 3.14. The Morgan fingerprint density at radius 2 is 1.46 bits per heavy atom. The van der Waals surface area contributed by atoms with E-state index in [4.69, 9.17) is 24.7 Å². The molecule has 1 aliphatic rings. The molecule has 11 nitrogen and oxygen atoms in total. The first-order valence-corrected chi connectivity index (χ1v) is 6.85. The Morgan fingerprint density at radius 1 is 1.00 bits per heavy atom. The number of ether oxygens (including phenoxy) is 4. The summed E-state index contributed by atoms with van der Waals surface area (Å²) in [5.41, 5.74) is 5.09. The van der Waals surface area contributed by atoms with Gasteiger partial charge in [0, 0.05) is 20.8 Å². The van der Waals surface area contributed by atoms with Gasteiger partial charge in [-0.3, -0.25) is 19.2 Å². The van der Waals surface area contributed by atoms with Crippen LogP contribution in [0.1, 0.15) is 20.8 Å². The van der Waals surface area contributed by atoms with Crippen LogP contribution in [0.15, 0.2) is 0 Å². The fraction of sp³-hybridized carbons (Fsp3) is 0.692. The molecule has 1 saturated heterocycles. The fourth-order valence-electron chi connectivity index (χ4n) is 2.29. The molecule has 0 spiro atoms. The molecule has 0 radical (unpaired) electrons. The van der Waals surface area contributed by atoms with Crippen molar-refractivity contribution in [2.75, 3.05) is 6.61 Å². The topological polar surface area (TPSA) is 172 Å². The van der Waals surface area contributed by atoms with Crippen molar-refractivity contribution in [2.45, 2.75) is 51.0 Å². The zero-order valence-corrected chi connectivity index (χ0v) is 13.3. The second-order valence-corrected chi connectivity index (χ2v) is 5.08. The standard InChI is InChI=1S/C13H19NO10/c1-5(16)21-9-8(4-15)24-13(20,12(14)19)11(23-7(3)18)10(9)22-6(2)17/h8-11,15,20H,4H2,1-3H3,(H2,14,19)/t8-,9+,10+,11-,13-/m1/s1. The van der Waals surface area contributed by atoms with E-state index in [0.29, 0.717) is 0 Å². The van der Waals surface area contributed by atoms with Gasteiger partial charge in [0.05, 0.1) is 6.61 Å². The predicted octanol–water partition coefficient (Wildman–Crippen LogP) is -2.65. The Kier molecular flexibility index (Phi) is 6.23. The van der Waals surface area contributed by atoms with Gasteiger partial charge in [0.15, 0.2) is 12.2 Å². The van der Waals surface area contributed by atoms with E-state index in [1.165, 1.54) is 0 Å². The van der Waals surface area contributed by atoms with Crippen LogP contribution >= 0.6 is 0 Å². The summed E-state index contributed by atoms with van der Waals surface area (Å²) in [6, 6.07) is 0. The molecule has 1 heterocycles. The van der Waals surface area contributed by atoms with Crippen molar-refractivity contribution in [3.63, 3.8) is 0 Å². The maximum Gasteiger partial charge on any atom is 0.303 e. The number of hydrogen-bond donors (Lipinski definition) is 3. The van der Waals surface area contributed by atoms with Crippen LogP contribution in [0.3, 0.4) is 0 Å². The third kappa shape index (κ3) is 4.19. The molecule has 0 aliphatic carbocycles. The van der Waals surface area contributed by atoms with Crippen LogP contribution in [-0.4, -0.2) is 70.8 Å². The normalized spacial score (nSPS) is 32.5. The Hall–Kier alpha value is -2.24. The minimum Gasteiger partial charge on any atom is -0.456 e. The molecule has 136 valence electrons. The van der Waals surface area contributed by atoms with E-state index >= 15 is 0 Å². The number of nitrogens with two attached hydrogens (primary N) is 1. The molecule has 5 atom stereocenters. The number of esters is 3. The van der Waals surface area contributed by atoms with E-state index in [2.05, 4.69) is 0 Å². The van der Waals surface area contributed by atoms with Gasteiger partial charge >= 0.3 is 17.9 Å². The molecule has 1 amide bonds. The molecule has 0 aromatic heterocycles. The maximum absolute atomic E-state index is 11.6. The van der Waals surface area contributed by atoms with Gasteiger partial charge in [-0.1, -0.05) is 0 Å². The van der Waals surface area contributed by atoms with E-state index in [0.717, 1.165) is 20.8 Å². The number of aliphatic hydroxyl groups is 2. The summed E-state index contributed by atoms with van der Waals surface area (Å²) >= 11 is 0. The summed E-state index contributed by atoms with van der Waals surface area (Å²) in [6.45, 7) is 2.18. The van der Waals surface area contributed by atoms with E-state index in [1.54, 1.807) is 0 Å². The minimum atomic E-state index is -2.91. The van der Waals surface area contributed by atoms with Crippen LogP contribution in [0.5, 0.6) is 0 Å². The van der Waals surface area contributed by atoms with Crippen LogP contribution in [0, 0.1) is 0 Å². The quantitative estimate of drug-likeness (QED) is 0.351. The molecule has 11 heteroatoms. The highest BCUT2D eigenvalue weighted by atomic mass is 16.7. The smallest absolute Gasteiger partial charge is 0.303 e. The lowest BCUT2D eigenvalue weighted by Gasteiger charge is -2.46. The van der Waals surface area contributed by atoms with Gasteiger partial charge in [-0.15, -0.1) is 0 Å². The summed E-state index contributed by atoms with van der Waals surface area (Å²) in [4.78, 5) is 45.5. The molecule has 1 rings (SSSR count). The van der Waals surface area contributed by atoms with Crippen LogP contribution in [0.2, 0.25) is 0 Å². The largest absolute Gasteiger partial charge is 0.456 e. The minimum absolute atomic E-state index is 0.821. The molecular weight excluding hydrogens is 330 g/mol. The van der Waals surface area contributed by atoms with Crippen LogP contribution < -0.4 is 5.73 Å². The zero-order chi connectivity index (χ0) is 18.7. The summed E-state index contributed by atoms with van der Waals surface area (Å²) in [5, 5.41) is 19.8. The molecule has 0 aromatic carbocycles. The number of carbonyl (C=O) groups excluding carboxylic acids is 4. The van der Waals surface area contributed by atoms with Crippen molar-refractivity contribution < 1.29 is 48.3 Å². The van der Waals surface area contributed by atoms with Crippen molar-refractivity contribution in [1.82, 2.24) is 0 Å². The fourth-order valence-corrected chi connectivity index (χ4v) is 2.29. The molecular formula is C13H19NO10. The second-order valence-electron chi connectivity index (χ2n) is 5.08. The van der Waals surface area contributed by atoms with Crippen LogP contribution in [-0.2, 0) is 38.1 Å². The Labute approximate surface area is 136 Å². The zero-order valence-electron chi connectivity index (χ0n) is 13.3. The summed E-state index contributed by atoms with van der Waals surface area (Å²) in [5.74, 6) is -7.03. The van der Waals surface area contributed by atoms with Crippen molar-refractivity contribution in [3.8, 4) is 0 Å². The number of primary amides is 1. The molecule has 24 heavy (non-hydrogen) atoms. The Bertz CT molecular complexity index is 535. The van der Waals surface area contributed by atoms with Gasteiger partial charge in [0.25, 0.3) is 11.7 Å². The molecule has 0 bridgehead atoms. The number of amides is 1. The SMILES string of the molecule is CC(=O)O[C@@H]1[C@H](OC(C)=O)[C@@H](OC(C)=O)[C@](O)(C(N)=O)O[C@@H]1CO. The lowest BCUT2D eigenvalue weighted by molar-refractivity contribution is -0.334. The highest BCUT2D eigenvalue weighted by molar-refractivity contribution is 5.83. The summed E-state index contributed by atoms with van der Waals surface area (Å²) in [7, 11) is 0. The molecule has 0 aromatic rings. The summed E-state index contributed by atoms with van der Waals surface area (Å²) < 4.78 is 19.7. The van der Waals surface area contributed by atoms with Gasteiger partial charge in [0.1, 0.15) is 6.10 Å². The molecule has 1 aliphatic heterocycles. The van der Waals surface area contributed by atoms with E-state index < -0.39 is 60.6 Å². The molecule has 0 unspecified atom stereocenters. The van der Waals surface area contributed by atoms with E-state index in [-0.39, 0.29) is 0 Å². The second kappa shape index (κ2) is 7.55. The van der Waals surface area contributed by atoms with Crippen molar-refractivity contribution in [3.05, 3.63) is 0 Å². The van der Waals surface area contributed by atoms with Gasteiger partial charge in [-0.25, -0.2) is 0 Å². The van der Waals surface area contributed by atoms with Crippen molar-refractivity contribution in [2.24, 2.45) is 5.73 Å². The van der Waals surface area contributed by atoms with Crippen molar-refractivity contribution in [1.29, 1.82) is 0 Å². The monoisotopic (exact) mass is 349 g/mol. The van der Waals surface area contributed by atoms with Gasteiger partial charge in [0.2, 0.25) is 6.10 Å². The van der Waals surface area contributed by atoms with Crippen molar-refractivity contribution >= 4 is 23.8 Å². The predicted molar refractivity (Wildman–Crippen MR) is 72.8 cm³/mol. The number of aliphatic hydroxyl groups excluding tert-OH is 1. The Morgan fingerprint density at radius 3 is 1.83 bits per heavy atom. The first-order valence-electron chi connectivity index (χ1n) is 6.85. The number of carbonyl (C=O) groups is 4. The molecule has 0 saturated carbocycles. The lowest BCUT2D eigenvalue weighted by atomic mass is 9.91. The molecule has 4 N–H and O–H groups in total. The average Bonchev–Trinajstić information content (AvgIpc) is 2.44. The first kappa shape index (κ1) is 19.8. The average molecular weight is 349 g/mol. The maximum atomic E-state index is 11.6. The van der Waals surface area contributed by atoms with Gasteiger partial charge in [-0.2, -0.15) is 0 Å². The lowest BCUT2D eigenvalue weighted by Crippen LogP contribution is -2.71.